The summed E-state index contributed by atoms with van der Waals surface area (Å²) in [5, 5.41) is 6.95. The molecule has 126 valence electrons. The fraction of sp³-hybridized carbons (Fsp3) is 0.222. The maximum absolute atomic E-state index is 13.0. The second kappa shape index (κ2) is 6.35. The van der Waals surface area contributed by atoms with Gasteiger partial charge in [0.15, 0.2) is 0 Å². The summed E-state index contributed by atoms with van der Waals surface area (Å²) in [6.45, 7) is 3.51. The van der Waals surface area contributed by atoms with E-state index in [1.807, 2.05) is 37.4 Å². The first-order valence-electron chi connectivity index (χ1n) is 8.12. The molecule has 0 fully saturated rings. The fourth-order valence-electron chi connectivity index (χ4n) is 2.97. The summed E-state index contributed by atoms with van der Waals surface area (Å²) in [5.41, 5.74) is 5.15. The molecule has 0 aliphatic carbocycles. The van der Waals surface area contributed by atoms with Gasteiger partial charge in [-0.15, -0.1) is 0 Å². The molecule has 0 spiro atoms. The van der Waals surface area contributed by atoms with Gasteiger partial charge in [0.25, 0.3) is 5.91 Å². The largest absolute Gasteiger partial charge is 0.345 e. The van der Waals surface area contributed by atoms with Crippen LogP contribution in [0.25, 0.3) is 11.0 Å². The van der Waals surface area contributed by atoms with E-state index in [-0.39, 0.29) is 5.91 Å². The van der Waals surface area contributed by atoms with Crippen molar-refractivity contribution in [2.45, 2.75) is 13.5 Å². The summed E-state index contributed by atoms with van der Waals surface area (Å²) in [4.78, 5) is 26.4. The van der Waals surface area contributed by atoms with Crippen molar-refractivity contribution in [3.05, 3.63) is 59.2 Å². The molecule has 0 radical (unpaired) electrons. The van der Waals surface area contributed by atoms with Gasteiger partial charge >= 0.3 is 0 Å². The Balaban J connectivity index is 1.66. The number of hydrogen-bond acceptors (Lipinski definition) is 4. The summed E-state index contributed by atoms with van der Waals surface area (Å²) in [5.74, 6) is -0.113. The molecule has 2 aromatic heterocycles. The van der Waals surface area contributed by atoms with Crippen molar-refractivity contribution >= 4 is 23.2 Å². The van der Waals surface area contributed by atoms with Crippen molar-refractivity contribution in [2.24, 2.45) is 4.99 Å². The third-order valence-corrected chi connectivity index (χ3v) is 4.20. The number of imidazole rings is 1. The second-order valence-corrected chi connectivity index (χ2v) is 6.09. The predicted molar refractivity (Wildman–Crippen MR) is 95.6 cm³/mol. The van der Waals surface area contributed by atoms with Crippen LogP contribution in [0.1, 0.15) is 21.7 Å². The molecule has 1 aromatic carbocycles. The van der Waals surface area contributed by atoms with Gasteiger partial charge in [0.05, 0.1) is 23.9 Å². The minimum Gasteiger partial charge on any atom is -0.345 e. The topological polar surface area (TPSA) is 90.0 Å². The molecule has 0 bridgehead atoms. The zero-order valence-corrected chi connectivity index (χ0v) is 13.9. The van der Waals surface area contributed by atoms with Crippen LogP contribution in [-0.4, -0.2) is 50.3 Å². The standard InChI is InChI=1S/C18H18N6O/c1-12-7-16(23-22-12)18(25)24(9-13-5-6-19-8-13)10-14-3-2-4-15-17(14)21-11-20-15/h2-5,7-8,11H,6,9-10H2,1H3,(H,20,21)(H,22,23). The summed E-state index contributed by atoms with van der Waals surface area (Å²) in [6.07, 6.45) is 5.53. The Labute approximate surface area is 144 Å². The van der Waals surface area contributed by atoms with Crippen molar-refractivity contribution in [1.29, 1.82) is 0 Å². The fourth-order valence-corrected chi connectivity index (χ4v) is 2.97. The number of carbonyl (C=O) groups excluding carboxylic acids is 1. The number of nitrogens with one attached hydrogen (secondary N) is 2. The van der Waals surface area contributed by atoms with Gasteiger partial charge in [0.2, 0.25) is 0 Å². The Hall–Kier alpha value is -3.22. The highest BCUT2D eigenvalue weighted by Crippen LogP contribution is 2.19. The third-order valence-electron chi connectivity index (χ3n) is 4.20. The number of amides is 1. The van der Waals surface area contributed by atoms with Crippen molar-refractivity contribution < 1.29 is 4.79 Å². The van der Waals surface area contributed by atoms with Crippen LogP contribution >= 0.6 is 0 Å². The summed E-state index contributed by atoms with van der Waals surface area (Å²) in [7, 11) is 0. The van der Waals surface area contributed by atoms with Gasteiger partial charge < -0.3 is 9.88 Å². The van der Waals surface area contributed by atoms with Crippen LogP contribution in [0.5, 0.6) is 0 Å². The molecule has 0 unspecified atom stereocenters. The number of H-pyrrole nitrogens is 2. The summed E-state index contributed by atoms with van der Waals surface area (Å²) < 4.78 is 0. The first-order valence-corrected chi connectivity index (χ1v) is 8.12. The minimum absolute atomic E-state index is 0.113. The van der Waals surface area contributed by atoms with Gasteiger partial charge in [0, 0.05) is 25.0 Å². The Morgan fingerprint density at radius 3 is 3.00 bits per heavy atom. The highest BCUT2D eigenvalue weighted by Gasteiger charge is 2.21. The number of hydrogen-bond donors (Lipinski definition) is 2. The number of aryl methyl sites for hydroxylation is 1. The van der Waals surface area contributed by atoms with Crippen molar-refractivity contribution in [1.82, 2.24) is 25.1 Å². The Morgan fingerprint density at radius 2 is 2.24 bits per heavy atom. The van der Waals surface area contributed by atoms with Crippen molar-refractivity contribution in [3.63, 3.8) is 0 Å². The molecule has 3 aromatic rings. The Morgan fingerprint density at radius 1 is 1.32 bits per heavy atom. The van der Waals surface area contributed by atoms with Crippen LogP contribution in [0.2, 0.25) is 0 Å². The van der Waals surface area contributed by atoms with E-state index in [4.69, 9.17) is 0 Å². The molecule has 1 aliphatic heterocycles. The average Bonchev–Trinajstić information content (AvgIpc) is 3.35. The molecule has 2 N–H and O–H groups in total. The number of aromatic nitrogens is 4. The second-order valence-electron chi connectivity index (χ2n) is 6.09. The van der Waals surface area contributed by atoms with E-state index in [0.717, 1.165) is 27.9 Å². The monoisotopic (exact) mass is 334 g/mol. The Kier molecular flexibility index (Phi) is 3.89. The number of carbonyl (C=O) groups is 1. The number of fused-ring (bicyclic) bond motifs is 1. The highest BCUT2D eigenvalue weighted by molar-refractivity contribution is 5.94. The van der Waals surface area contributed by atoms with E-state index < -0.39 is 0 Å². The highest BCUT2D eigenvalue weighted by atomic mass is 16.2. The van der Waals surface area contributed by atoms with E-state index in [1.165, 1.54) is 0 Å². The van der Waals surface area contributed by atoms with Crippen LogP contribution in [0, 0.1) is 6.92 Å². The van der Waals surface area contributed by atoms with E-state index in [2.05, 4.69) is 25.2 Å². The van der Waals surface area contributed by atoms with Crippen LogP contribution in [0.15, 0.2) is 47.2 Å². The smallest absolute Gasteiger partial charge is 0.274 e. The number of para-hydroxylation sites is 1. The van der Waals surface area contributed by atoms with Gasteiger partial charge in [-0.05, 0) is 30.2 Å². The third kappa shape index (κ3) is 3.08. The molecule has 0 saturated heterocycles. The molecule has 25 heavy (non-hydrogen) atoms. The lowest BCUT2D eigenvalue weighted by atomic mass is 10.1. The first-order chi connectivity index (χ1) is 12.2. The van der Waals surface area contributed by atoms with Gasteiger partial charge in [-0.1, -0.05) is 18.2 Å². The molecule has 1 aliphatic rings. The van der Waals surface area contributed by atoms with E-state index in [1.54, 1.807) is 17.3 Å². The number of aromatic amines is 2. The molecule has 7 nitrogen and oxygen atoms in total. The molecular weight excluding hydrogens is 316 g/mol. The summed E-state index contributed by atoms with van der Waals surface area (Å²) in [6, 6.07) is 7.70. The van der Waals surface area contributed by atoms with Crippen LogP contribution in [0.4, 0.5) is 0 Å². The predicted octanol–water partition coefficient (Wildman–Crippen LogP) is 2.25. The number of aliphatic imine (C=N–C) groups is 1. The molecule has 7 heteroatoms. The molecule has 0 saturated carbocycles. The molecule has 4 rings (SSSR count). The van der Waals surface area contributed by atoms with Crippen molar-refractivity contribution in [2.75, 3.05) is 13.1 Å². The van der Waals surface area contributed by atoms with Crippen LogP contribution in [-0.2, 0) is 6.54 Å². The van der Waals surface area contributed by atoms with Crippen LogP contribution in [0.3, 0.4) is 0 Å². The maximum Gasteiger partial charge on any atom is 0.274 e. The molecule has 3 heterocycles. The first kappa shape index (κ1) is 15.3. The van der Waals surface area contributed by atoms with Gasteiger partial charge in [-0.3, -0.25) is 14.9 Å². The normalized spacial score (nSPS) is 13.4. The van der Waals surface area contributed by atoms with Crippen LogP contribution < -0.4 is 0 Å². The zero-order valence-electron chi connectivity index (χ0n) is 13.9. The number of benzene rings is 1. The quantitative estimate of drug-likeness (QED) is 0.750. The summed E-state index contributed by atoms with van der Waals surface area (Å²) >= 11 is 0. The molecule has 0 atom stereocenters. The van der Waals surface area contributed by atoms with E-state index in [9.17, 15) is 4.79 Å². The molecular formula is C18H18N6O. The average molecular weight is 334 g/mol. The van der Waals surface area contributed by atoms with Gasteiger partial charge in [0.1, 0.15) is 5.69 Å². The minimum atomic E-state index is -0.113. The van der Waals surface area contributed by atoms with Crippen molar-refractivity contribution in [3.8, 4) is 0 Å². The number of rotatable bonds is 5. The lowest BCUT2D eigenvalue weighted by Crippen LogP contribution is -2.33. The van der Waals surface area contributed by atoms with E-state index in [0.29, 0.717) is 25.3 Å². The maximum atomic E-state index is 13.0. The SMILES string of the molecule is Cc1cc(C(=O)N(CC2=CCN=C2)Cc2cccc3[nH]cnc23)n[nH]1. The number of nitrogens with zero attached hydrogens (tertiary/aromatic N) is 4. The van der Waals surface area contributed by atoms with E-state index >= 15 is 0 Å². The Bertz CT molecular complexity index is 980. The molecule has 1 amide bonds. The van der Waals surface area contributed by atoms with Gasteiger partial charge in [-0.2, -0.15) is 5.10 Å². The zero-order chi connectivity index (χ0) is 17.2. The van der Waals surface area contributed by atoms with Gasteiger partial charge in [-0.25, -0.2) is 4.98 Å². The lowest BCUT2D eigenvalue weighted by Gasteiger charge is -2.22. The lowest BCUT2D eigenvalue weighted by molar-refractivity contribution is 0.0755.